The average Bonchev–Trinajstić information content (AvgIpc) is 3.34. The van der Waals surface area contributed by atoms with Crippen LogP contribution >= 0.6 is 0 Å². The van der Waals surface area contributed by atoms with Gasteiger partial charge >= 0.3 is 24.1 Å². The number of carbonyl (C=O) groups excluding carboxylic acids is 5. The Hall–Kier alpha value is -4.42. The summed E-state index contributed by atoms with van der Waals surface area (Å²) in [4.78, 5) is 63.9. The number of ketones is 1. The Labute approximate surface area is 200 Å². The molecular formula is C22H25N3O10. The third-order valence-corrected chi connectivity index (χ3v) is 3.98. The van der Waals surface area contributed by atoms with E-state index in [4.69, 9.17) is 18.6 Å². The summed E-state index contributed by atoms with van der Waals surface area (Å²) in [5.74, 6) is -2.50. The molecule has 0 radical (unpaired) electrons. The van der Waals surface area contributed by atoms with Gasteiger partial charge in [-0.3, -0.25) is 10.1 Å². The number of aromatic nitrogens is 1. The van der Waals surface area contributed by atoms with Gasteiger partial charge in [0.15, 0.2) is 30.5 Å². The van der Waals surface area contributed by atoms with E-state index in [0.717, 1.165) is 12.7 Å². The molecule has 2 N–H and O–H groups in total. The van der Waals surface area contributed by atoms with Crippen molar-refractivity contribution in [3.05, 3.63) is 48.2 Å². The first kappa shape index (κ1) is 26.8. The van der Waals surface area contributed by atoms with Crippen molar-refractivity contribution in [2.75, 3.05) is 25.6 Å². The van der Waals surface area contributed by atoms with E-state index in [0.29, 0.717) is 5.69 Å². The molecule has 0 fully saturated rings. The van der Waals surface area contributed by atoms with Crippen LogP contribution in [-0.2, 0) is 23.7 Å². The fourth-order valence-corrected chi connectivity index (χ4v) is 2.39. The highest BCUT2D eigenvalue weighted by Gasteiger charge is 2.28. The van der Waals surface area contributed by atoms with Crippen LogP contribution in [0.4, 0.5) is 15.3 Å². The molecule has 0 saturated heterocycles. The Balaban J connectivity index is 1.99. The zero-order chi connectivity index (χ0) is 26.0. The van der Waals surface area contributed by atoms with Gasteiger partial charge in [0.25, 0.3) is 0 Å². The second kappa shape index (κ2) is 12.2. The molecule has 2 amide bonds. The molecule has 0 aliphatic rings. The molecule has 0 aliphatic carbocycles. The van der Waals surface area contributed by atoms with Crippen LogP contribution < -0.4 is 10.6 Å². The number of anilines is 1. The number of hydrogen-bond donors (Lipinski definition) is 2. The van der Waals surface area contributed by atoms with E-state index in [2.05, 4.69) is 20.4 Å². The highest BCUT2D eigenvalue weighted by atomic mass is 16.6. The summed E-state index contributed by atoms with van der Waals surface area (Å²) in [7, 11) is 1.21. The first-order valence-corrected chi connectivity index (χ1v) is 10.2. The van der Waals surface area contributed by atoms with Crippen molar-refractivity contribution in [3.63, 3.8) is 0 Å². The van der Waals surface area contributed by atoms with Gasteiger partial charge in [0, 0.05) is 11.3 Å². The Morgan fingerprint density at radius 3 is 2.29 bits per heavy atom. The maximum atomic E-state index is 12.6. The van der Waals surface area contributed by atoms with Crippen molar-refractivity contribution in [2.45, 2.75) is 32.4 Å². The number of carbonyl (C=O) groups is 5. The molecule has 0 spiro atoms. The molecular weight excluding hydrogens is 466 g/mol. The summed E-state index contributed by atoms with van der Waals surface area (Å²) in [6.45, 7) is 3.58. The predicted octanol–water partition coefficient (Wildman–Crippen LogP) is 2.33. The van der Waals surface area contributed by atoms with Gasteiger partial charge in [-0.1, -0.05) is 0 Å². The minimum atomic E-state index is -1.47. The monoisotopic (exact) mass is 491 g/mol. The predicted molar refractivity (Wildman–Crippen MR) is 118 cm³/mol. The van der Waals surface area contributed by atoms with Gasteiger partial charge in [0.05, 0.1) is 7.11 Å². The topological polar surface area (TPSA) is 172 Å². The van der Waals surface area contributed by atoms with E-state index in [1.54, 1.807) is 20.8 Å². The van der Waals surface area contributed by atoms with Crippen molar-refractivity contribution < 1.29 is 47.3 Å². The summed E-state index contributed by atoms with van der Waals surface area (Å²) in [5.41, 5.74) is -0.418. The molecule has 1 unspecified atom stereocenters. The smallest absolute Gasteiger partial charge is 0.411 e. The molecule has 0 aliphatic heterocycles. The van der Waals surface area contributed by atoms with E-state index in [1.807, 2.05) is 0 Å². The number of hydrogen-bond acceptors (Lipinski definition) is 11. The zero-order valence-corrected chi connectivity index (χ0v) is 19.5. The Morgan fingerprint density at radius 2 is 1.71 bits per heavy atom. The average molecular weight is 491 g/mol. The van der Waals surface area contributed by atoms with Gasteiger partial charge in [-0.05, 0) is 45.0 Å². The number of amides is 2. The standard InChI is InChI=1S/C22H25N3O10/c1-22(2,3)35-21(30)25-16(10-33-18(27)15-9-32-12-23-15)19(28)34-11-17(26)13-5-7-14(8-6-13)24-20(29)31-4/h5-9,12,16H,10-11H2,1-4H3,(H,24,29)(H,25,30). The van der Waals surface area contributed by atoms with Crippen molar-refractivity contribution >= 4 is 35.6 Å². The van der Waals surface area contributed by atoms with Crippen LogP contribution in [0.2, 0.25) is 0 Å². The largest absolute Gasteiger partial charge is 0.458 e. The maximum Gasteiger partial charge on any atom is 0.411 e. The van der Waals surface area contributed by atoms with Crippen molar-refractivity contribution in [3.8, 4) is 0 Å². The minimum Gasteiger partial charge on any atom is -0.458 e. The SMILES string of the molecule is COC(=O)Nc1ccc(C(=O)COC(=O)C(COC(=O)c2cocn2)NC(=O)OC(C)(C)C)cc1. The Kier molecular flexibility index (Phi) is 9.32. The van der Waals surface area contributed by atoms with Gasteiger partial charge < -0.3 is 28.7 Å². The van der Waals surface area contributed by atoms with Crippen LogP contribution in [0.1, 0.15) is 41.6 Å². The number of alkyl carbamates (subject to hydrolysis) is 1. The summed E-state index contributed by atoms with van der Waals surface area (Å²) in [6, 6.07) is 4.28. The fourth-order valence-electron chi connectivity index (χ4n) is 2.39. The number of nitrogens with zero attached hydrogens (tertiary/aromatic N) is 1. The number of esters is 2. The van der Waals surface area contributed by atoms with E-state index in [1.165, 1.54) is 31.4 Å². The van der Waals surface area contributed by atoms with Gasteiger partial charge in [-0.15, -0.1) is 0 Å². The molecule has 1 heterocycles. The molecule has 1 aromatic carbocycles. The molecule has 2 rings (SSSR count). The Morgan fingerprint density at radius 1 is 1.03 bits per heavy atom. The van der Waals surface area contributed by atoms with E-state index in [9.17, 15) is 24.0 Å². The molecule has 1 aromatic heterocycles. The first-order chi connectivity index (χ1) is 16.5. The summed E-state index contributed by atoms with van der Waals surface area (Å²) in [6.07, 6.45) is 0.426. The Bertz CT molecular complexity index is 1040. The molecule has 13 nitrogen and oxygen atoms in total. The van der Waals surface area contributed by atoms with E-state index >= 15 is 0 Å². The van der Waals surface area contributed by atoms with Gasteiger partial charge in [-0.25, -0.2) is 24.2 Å². The van der Waals surface area contributed by atoms with Crippen molar-refractivity contribution in [1.82, 2.24) is 10.3 Å². The van der Waals surface area contributed by atoms with Gasteiger partial charge in [0.2, 0.25) is 0 Å². The fraction of sp³-hybridized carbons (Fsp3) is 0.364. The van der Waals surface area contributed by atoms with Crippen LogP contribution in [0.25, 0.3) is 0 Å². The van der Waals surface area contributed by atoms with Crippen molar-refractivity contribution in [2.24, 2.45) is 0 Å². The molecule has 188 valence electrons. The summed E-state index contributed by atoms with van der Waals surface area (Å²) >= 11 is 0. The van der Waals surface area contributed by atoms with Crippen molar-refractivity contribution in [1.29, 1.82) is 0 Å². The molecule has 0 saturated carbocycles. The highest BCUT2D eigenvalue weighted by Crippen LogP contribution is 2.11. The number of Topliss-reactive ketones (excluding diaryl/α,β-unsaturated/α-hetero) is 1. The normalized spacial score (nSPS) is 11.5. The molecule has 0 bridgehead atoms. The van der Waals surface area contributed by atoms with E-state index < -0.39 is 54.8 Å². The lowest BCUT2D eigenvalue weighted by molar-refractivity contribution is -0.146. The van der Waals surface area contributed by atoms with E-state index in [-0.39, 0.29) is 11.3 Å². The third kappa shape index (κ3) is 9.15. The number of benzene rings is 1. The lowest BCUT2D eigenvalue weighted by atomic mass is 10.1. The lowest BCUT2D eigenvalue weighted by Crippen LogP contribution is -2.47. The van der Waals surface area contributed by atoms with Crippen LogP contribution in [0.15, 0.2) is 41.3 Å². The second-order valence-corrected chi connectivity index (χ2v) is 7.90. The number of rotatable bonds is 9. The molecule has 1 atom stereocenters. The molecule has 2 aromatic rings. The van der Waals surface area contributed by atoms with Gasteiger partial charge in [-0.2, -0.15) is 0 Å². The van der Waals surface area contributed by atoms with Crippen LogP contribution in [0.3, 0.4) is 0 Å². The quantitative estimate of drug-likeness (QED) is 0.299. The zero-order valence-electron chi connectivity index (χ0n) is 19.5. The van der Waals surface area contributed by atoms with Gasteiger partial charge in [0.1, 0.15) is 18.5 Å². The molecule has 13 heteroatoms. The summed E-state index contributed by atoms with van der Waals surface area (Å²) < 4.78 is 24.3. The number of methoxy groups -OCH3 is 1. The van der Waals surface area contributed by atoms with Crippen LogP contribution in [0.5, 0.6) is 0 Å². The highest BCUT2D eigenvalue weighted by molar-refractivity contribution is 5.99. The minimum absolute atomic E-state index is 0.144. The maximum absolute atomic E-state index is 12.6. The van der Waals surface area contributed by atoms with Crippen LogP contribution in [-0.4, -0.2) is 66.9 Å². The lowest BCUT2D eigenvalue weighted by Gasteiger charge is -2.22. The molecule has 35 heavy (non-hydrogen) atoms. The third-order valence-electron chi connectivity index (χ3n) is 3.98. The van der Waals surface area contributed by atoms with Crippen LogP contribution in [0, 0.1) is 0 Å². The second-order valence-electron chi connectivity index (χ2n) is 7.90. The number of oxazole rings is 1. The first-order valence-electron chi connectivity index (χ1n) is 10.2. The number of ether oxygens (including phenoxy) is 4. The number of nitrogens with one attached hydrogen (secondary N) is 2. The summed E-state index contributed by atoms with van der Waals surface area (Å²) in [5, 5.41) is 4.68.